The fraction of sp³-hybridized carbons (Fsp3) is 0.368. The van der Waals surface area contributed by atoms with Crippen molar-refractivity contribution >= 4 is 17.6 Å². The monoisotopic (exact) mass is 446 g/mol. The number of amides is 2. The third-order valence-corrected chi connectivity index (χ3v) is 3.86. The van der Waals surface area contributed by atoms with Crippen LogP contribution in [0.3, 0.4) is 0 Å². The summed E-state index contributed by atoms with van der Waals surface area (Å²) in [6.07, 6.45) is -3.20. The summed E-state index contributed by atoms with van der Waals surface area (Å²) in [6, 6.07) is 5.30. The molecule has 31 heavy (non-hydrogen) atoms. The zero-order valence-electron chi connectivity index (χ0n) is 16.5. The first-order valence-corrected chi connectivity index (χ1v) is 8.96. The second-order valence-corrected chi connectivity index (χ2v) is 6.75. The Balaban J connectivity index is 1.91. The summed E-state index contributed by atoms with van der Waals surface area (Å²) in [5.74, 6) is -6.21. The lowest BCUT2D eigenvalue weighted by atomic mass is 10.2. The van der Waals surface area contributed by atoms with Gasteiger partial charge < -0.3 is 15.4 Å². The normalized spacial score (nSPS) is 11.9. The molecule has 2 N–H and O–H groups in total. The van der Waals surface area contributed by atoms with E-state index in [2.05, 4.69) is 25.3 Å². The molecule has 12 heteroatoms. The highest BCUT2D eigenvalue weighted by Crippen LogP contribution is 2.35. The van der Waals surface area contributed by atoms with Crippen molar-refractivity contribution in [2.24, 2.45) is 5.92 Å². The van der Waals surface area contributed by atoms with Gasteiger partial charge in [0, 0.05) is 36.5 Å². The maximum Gasteiger partial charge on any atom is 0.456 e. The molecule has 2 aromatic heterocycles. The number of nitrogens with zero attached hydrogens (tertiary/aromatic N) is 2. The average molecular weight is 446 g/mol. The van der Waals surface area contributed by atoms with Crippen molar-refractivity contribution in [3.8, 4) is 5.88 Å². The smallest absolute Gasteiger partial charge is 0.456 e. The maximum atomic E-state index is 12.9. The Morgan fingerprint density at radius 1 is 1.10 bits per heavy atom. The largest absolute Gasteiger partial charge is 0.471 e. The molecule has 2 aromatic rings. The Labute approximate surface area is 174 Å². The molecular formula is C19H19F5N4O3. The fourth-order valence-electron chi connectivity index (χ4n) is 2.04. The Hall–Kier alpha value is -3.31. The van der Waals surface area contributed by atoms with Crippen LogP contribution >= 0.6 is 0 Å². The van der Waals surface area contributed by atoms with E-state index < -0.39 is 30.5 Å². The average Bonchev–Trinajstić information content (AvgIpc) is 2.70. The van der Waals surface area contributed by atoms with Crippen LogP contribution in [0.1, 0.15) is 29.8 Å². The highest BCUT2D eigenvalue weighted by molar-refractivity contribution is 5.96. The third-order valence-electron chi connectivity index (χ3n) is 3.86. The number of nitrogens with one attached hydrogen (secondary N) is 2. The molecule has 0 saturated carbocycles. The van der Waals surface area contributed by atoms with Crippen LogP contribution in [0.4, 0.5) is 27.8 Å². The number of ether oxygens (including phenoxy) is 1. The van der Waals surface area contributed by atoms with Gasteiger partial charge in [-0.05, 0) is 17.7 Å². The predicted molar refractivity (Wildman–Crippen MR) is 99.6 cm³/mol. The fourth-order valence-corrected chi connectivity index (χ4v) is 2.04. The minimum Gasteiger partial charge on any atom is -0.471 e. The quantitative estimate of drug-likeness (QED) is 0.605. The lowest BCUT2D eigenvalue weighted by Crippen LogP contribution is -2.41. The molecule has 0 unspecified atom stereocenters. The molecule has 0 aliphatic rings. The molecule has 0 bridgehead atoms. The lowest BCUT2D eigenvalue weighted by molar-refractivity contribution is -0.290. The second-order valence-electron chi connectivity index (χ2n) is 6.75. The van der Waals surface area contributed by atoms with Crippen LogP contribution in [0.25, 0.3) is 0 Å². The van der Waals surface area contributed by atoms with E-state index in [1.807, 2.05) is 0 Å². The van der Waals surface area contributed by atoms with Gasteiger partial charge >= 0.3 is 12.1 Å². The van der Waals surface area contributed by atoms with E-state index in [1.165, 1.54) is 30.6 Å². The molecule has 7 nitrogen and oxygen atoms in total. The van der Waals surface area contributed by atoms with E-state index in [9.17, 15) is 31.5 Å². The number of carbonyl (C=O) groups excluding carboxylic acids is 2. The van der Waals surface area contributed by atoms with Crippen molar-refractivity contribution < 1.29 is 36.3 Å². The van der Waals surface area contributed by atoms with E-state index in [4.69, 9.17) is 0 Å². The number of alkyl halides is 5. The van der Waals surface area contributed by atoms with Crippen LogP contribution in [-0.4, -0.2) is 40.5 Å². The van der Waals surface area contributed by atoms with Gasteiger partial charge in [-0.3, -0.25) is 9.59 Å². The van der Waals surface area contributed by atoms with E-state index in [0.29, 0.717) is 5.56 Å². The van der Waals surface area contributed by atoms with Crippen molar-refractivity contribution in [1.82, 2.24) is 15.3 Å². The van der Waals surface area contributed by atoms with Crippen molar-refractivity contribution in [2.45, 2.75) is 32.5 Å². The first-order chi connectivity index (χ1) is 14.4. The molecule has 0 radical (unpaired) electrons. The topological polar surface area (TPSA) is 93.2 Å². The molecule has 2 heterocycles. The number of anilines is 1. The van der Waals surface area contributed by atoms with Gasteiger partial charge in [0.25, 0.3) is 5.91 Å². The van der Waals surface area contributed by atoms with Crippen LogP contribution in [0.2, 0.25) is 0 Å². The van der Waals surface area contributed by atoms with Gasteiger partial charge in [0.15, 0.2) is 6.61 Å². The number of hydrogen-bond donors (Lipinski definition) is 2. The summed E-state index contributed by atoms with van der Waals surface area (Å²) in [5, 5.41) is 5.16. The number of aromatic nitrogens is 2. The zero-order chi connectivity index (χ0) is 23.2. The molecule has 2 amide bonds. The van der Waals surface area contributed by atoms with E-state index in [1.54, 1.807) is 13.8 Å². The molecular weight excluding hydrogens is 427 g/mol. The van der Waals surface area contributed by atoms with Crippen molar-refractivity contribution in [3.63, 3.8) is 0 Å². The zero-order valence-corrected chi connectivity index (χ0v) is 16.5. The van der Waals surface area contributed by atoms with Gasteiger partial charge in [-0.25, -0.2) is 9.97 Å². The minimum atomic E-state index is -5.72. The Morgan fingerprint density at radius 3 is 2.39 bits per heavy atom. The summed E-state index contributed by atoms with van der Waals surface area (Å²) in [5.41, 5.74) is 0.682. The Morgan fingerprint density at radius 2 is 1.81 bits per heavy atom. The van der Waals surface area contributed by atoms with Crippen LogP contribution in [0.15, 0.2) is 36.7 Å². The van der Waals surface area contributed by atoms with Gasteiger partial charge in [0.1, 0.15) is 5.82 Å². The van der Waals surface area contributed by atoms with Gasteiger partial charge in [-0.1, -0.05) is 19.9 Å². The standard InChI is InChI=1S/C19H19F5N4O3/c1-11(2)16(29)28-14-7-13(5-6-25-14)17(30)27-9-12-3-4-15(26-8-12)31-10-18(20,21)19(22,23)24/h3-8,11H,9-10H2,1-2H3,(H,27,30)(H,25,28,29). The molecule has 0 aliphatic carbocycles. The molecule has 0 spiro atoms. The Kier molecular flexibility index (Phi) is 7.47. The second kappa shape index (κ2) is 9.67. The molecule has 2 rings (SSSR count). The molecule has 0 fully saturated rings. The first-order valence-electron chi connectivity index (χ1n) is 8.96. The van der Waals surface area contributed by atoms with E-state index in [-0.39, 0.29) is 29.8 Å². The summed E-state index contributed by atoms with van der Waals surface area (Å²) in [4.78, 5) is 31.6. The molecule has 168 valence electrons. The summed E-state index contributed by atoms with van der Waals surface area (Å²) in [7, 11) is 0. The summed E-state index contributed by atoms with van der Waals surface area (Å²) < 4.78 is 66.5. The lowest BCUT2D eigenvalue weighted by Gasteiger charge is -2.19. The van der Waals surface area contributed by atoms with Crippen molar-refractivity contribution in [3.05, 3.63) is 47.8 Å². The SMILES string of the molecule is CC(C)C(=O)Nc1cc(C(=O)NCc2ccc(OCC(F)(F)C(F)(F)F)nc2)ccn1. The highest BCUT2D eigenvalue weighted by atomic mass is 19.4. The van der Waals surface area contributed by atoms with Gasteiger partial charge in [0.05, 0.1) is 0 Å². The maximum absolute atomic E-state index is 12.9. The van der Waals surface area contributed by atoms with Crippen molar-refractivity contribution in [1.29, 1.82) is 0 Å². The van der Waals surface area contributed by atoms with Crippen LogP contribution in [0, 0.1) is 5.92 Å². The van der Waals surface area contributed by atoms with Gasteiger partial charge in [-0.15, -0.1) is 0 Å². The molecule has 0 aromatic carbocycles. The van der Waals surface area contributed by atoms with Crippen LogP contribution in [-0.2, 0) is 11.3 Å². The number of rotatable bonds is 8. The summed E-state index contributed by atoms with van der Waals surface area (Å²) >= 11 is 0. The molecule has 0 aliphatic heterocycles. The van der Waals surface area contributed by atoms with E-state index >= 15 is 0 Å². The first kappa shape index (κ1) is 24.0. The predicted octanol–water partition coefficient (Wildman–Crippen LogP) is 3.58. The summed E-state index contributed by atoms with van der Waals surface area (Å²) in [6.45, 7) is 1.52. The van der Waals surface area contributed by atoms with E-state index in [0.717, 1.165) is 6.07 Å². The van der Waals surface area contributed by atoms with Crippen molar-refractivity contribution in [2.75, 3.05) is 11.9 Å². The van der Waals surface area contributed by atoms with Gasteiger partial charge in [0.2, 0.25) is 11.8 Å². The molecule has 0 saturated heterocycles. The number of carbonyl (C=O) groups is 2. The molecule has 0 atom stereocenters. The third kappa shape index (κ3) is 6.86. The van der Waals surface area contributed by atoms with Crippen LogP contribution < -0.4 is 15.4 Å². The Bertz CT molecular complexity index is 918. The van der Waals surface area contributed by atoms with Gasteiger partial charge in [-0.2, -0.15) is 22.0 Å². The minimum absolute atomic E-state index is 0.000827. The highest BCUT2D eigenvalue weighted by Gasteiger charge is 2.58. The number of halogens is 5. The number of pyridine rings is 2. The number of hydrogen-bond acceptors (Lipinski definition) is 5. The van der Waals surface area contributed by atoms with Crippen LogP contribution in [0.5, 0.6) is 5.88 Å².